The fourth-order valence-corrected chi connectivity index (χ4v) is 7.02. The Morgan fingerprint density at radius 2 is 2.14 bits per heavy atom. The maximum atomic E-state index is 12.7. The Morgan fingerprint density at radius 3 is 2.79 bits per heavy atom. The standard InChI is InChI=1S/C19H29BrN4O3S2/c1-3-27-13-6-4-5-12(9-13)22-18(26)15-10-17(25)24(19(21)29-15)23-11(2)14-7-8-16(20)28-14/h12-16,21H,3-10H2,1-2H3,(H,22,26)/b21-19?,23-11+. The minimum atomic E-state index is -0.568. The molecule has 2 heterocycles. The van der Waals surface area contributed by atoms with Crippen molar-refractivity contribution in [3.63, 3.8) is 0 Å². The van der Waals surface area contributed by atoms with Gasteiger partial charge in [-0.3, -0.25) is 15.0 Å². The highest BCUT2D eigenvalue weighted by Crippen LogP contribution is 2.38. The lowest BCUT2D eigenvalue weighted by atomic mass is 9.92. The molecule has 5 atom stereocenters. The Hall–Kier alpha value is -0.580. The van der Waals surface area contributed by atoms with Crippen molar-refractivity contribution in [2.75, 3.05) is 6.61 Å². The quantitative estimate of drug-likeness (QED) is 0.424. The summed E-state index contributed by atoms with van der Waals surface area (Å²) in [5.41, 5.74) is 0.850. The van der Waals surface area contributed by atoms with E-state index >= 15 is 0 Å². The molecule has 7 nitrogen and oxygen atoms in total. The first kappa shape index (κ1) is 23.1. The second-order valence-corrected chi connectivity index (χ2v) is 11.9. The minimum absolute atomic E-state index is 0.0231. The van der Waals surface area contributed by atoms with E-state index in [2.05, 4.69) is 26.3 Å². The molecule has 0 aromatic heterocycles. The van der Waals surface area contributed by atoms with Crippen molar-refractivity contribution in [2.45, 2.75) is 85.6 Å². The Labute approximate surface area is 189 Å². The van der Waals surface area contributed by atoms with E-state index in [0.29, 0.717) is 10.8 Å². The van der Waals surface area contributed by atoms with Gasteiger partial charge in [0.15, 0.2) is 5.17 Å². The van der Waals surface area contributed by atoms with Crippen molar-refractivity contribution in [3.05, 3.63) is 0 Å². The first-order valence-corrected chi connectivity index (χ1v) is 13.0. The molecule has 2 aliphatic heterocycles. The van der Waals surface area contributed by atoms with Crippen molar-refractivity contribution in [3.8, 4) is 0 Å². The van der Waals surface area contributed by atoms with Crippen LogP contribution in [-0.2, 0) is 14.3 Å². The summed E-state index contributed by atoms with van der Waals surface area (Å²) in [5.74, 6) is -0.452. The zero-order valence-corrected chi connectivity index (χ0v) is 20.1. The zero-order chi connectivity index (χ0) is 21.0. The smallest absolute Gasteiger partial charge is 0.250 e. The summed E-state index contributed by atoms with van der Waals surface area (Å²) in [6.45, 7) is 4.57. The third kappa shape index (κ3) is 6.21. The number of carbonyl (C=O) groups is 2. The fraction of sp³-hybridized carbons (Fsp3) is 0.789. The number of ether oxygens (including phenoxy) is 1. The van der Waals surface area contributed by atoms with E-state index in [-0.39, 0.29) is 40.8 Å². The van der Waals surface area contributed by atoms with Crippen molar-refractivity contribution >= 4 is 62.1 Å². The number of hydrogen-bond acceptors (Lipinski definition) is 7. The molecule has 2 N–H and O–H groups in total. The maximum absolute atomic E-state index is 12.7. The largest absolute Gasteiger partial charge is 0.378 e. The number of nitrogens with zero attached hydrogens (tertiary/aromatic N) is 2. The van der Waals surface area contributed by atoms with Gasteiger partial charge in [0, 0.05) is 23.6 Å². The van der Waals surface area contributed by atoms with E-state index in [1.165, 1.54) is 0 Å². The van der Waals surface area contributed by atoms with Crippen LogP contribution >= 0.6 is 39.5 Å². The molecule has 0 spiro atoms. The molecule has 0 bridgehead atoms. The highest BCUT2D eigenvalue weighted by atomic mass is 79.9. The van der Waals surface area contributed by atoms with Crippen molar-refractivity contribution in [1.29, 1.82) is 5.41 Å². The molecular formula is C19H29BrN4O3S2. The molecule has 10 heteroatoms. The van der Waals surface area contributed by atoms with E-state index < -0.39 is 5.25 Å². The molecule has 5 unspecified atom stereocenters. The number of rotatable bonds is 6. The van der Waals surface area contributed by atoms with E-state index in [1.807, 2.05) is 13.8 Å². The summed E-state index contributed by atoms with van der Waals surface area (Å²) in [6.07, 6.45) is 6.13. The number of alkyl halides is 1. The molecule has 1 saturated carbocycles. The minimum Gasteiger partial charge on any atom is -0.378 e. The maximum Gasteiger partial charge on any atom is 0.250 e. The predicted octanol–water partition coefficient (Wildman–Crippen LogP) is 3.71. The van der Waals surface area contributed by atoms with Gasteiger partial charge in [0.25, 0.3) is 5.91 Å². The molecule has 29 heavy (non-hydrogen) atoms. The SMILES string of the molecule is CCOC1CCCC(NC(=O)C2CC(=O)N(/N=C(\C)C3CCC(Br)S3)C(=N)S2)C1. The summed E-state index contributed by atoms with van der Waals surface area (Å²) in [6, 6.07) is 0.0765. The number of carbonyl (C=O) groups excluding carboxylic acids is 2. The Kier molecular flexibility index (Phi) is 8.47. The van der Waals surface area contributed by atoms with Gasteiger partial charge in [-0.1, -0.05) is 27.7 Å². The molecule has 0 aromatic carbocycles. The van der Waals surface area contributed by atoms with Gasteiger partial charge in [0.05, 0.1) is 16.7 Å². The zero-order valence-electron chi connectivity index (χ0n) is 16.9. The molecule has 2 saturated heterocycles. The molecule has 3 fully saturated rings. The first-order chi connectivity index (χ1) is 13.9. The van der Waals surface area contributed by atoms with Gasteiger partial charge in [-0.2, -0.15) is 10.1 Å². The lowest BCUT2D eigenvalue weighted by Crippen LogP contribution is -2.48. The van der Waals surface area contributed by atoms with Crippen LogP contribution in [0.2, 0.25) is 0 Å². The lowest BCUT2D eigenvalue weighted by molar-refractivity contribution is -0.130. The van der Waals surface area contributed by atoms with Crippen LogP contribution < -0.4 is 5.32 Å². The number of hydrogen-bond donors (Lipinski definition) is 2. The molecular weight excluding hydrogens is 476 g/mol. The van der Waals surface area contributed by atoms with E-state index in [0.717, 1.165) is 61.0 Å². The predicted molar refractivity (Wildman–Crippen MR) is 123 cm³/mol. The molecule has 3 rings (SSSR count). The lowest BCUT2D eigenvalue weighted by Gasteiger charge is -2.32. The summed E-state index contributed by atoms with van der Waals surface area (Å²) in [5, 5.41) is 16.6. The van der Waals surface area contributed by atoms with Gasteiger partial charge >= 0.3 is 0 Å². The number of amides is 2. The Morgan fingerprint density at radius 1 is 1.34 bits per heavy atom. The van der Waals surface area contributed by atoms with Gasteiger partial charge in [-0.25, -0.2) is 0 Å². The number of halogens is 1. The van der Waals surface area contributed by atoms with Gasteiger partial charge < -0.3 is 10.1 Å². The van der Waals surface area contributed by atoms with Gasteiger partial charge in [0.1, 0.15) is 5.25 Å². The second-order valence-electron chi connectivity index (χ2n) is 7.62. The highest BCUT2D eigenvalue weighted by molar-refractivity contribution is 9.11. The first-order valence-electron chi connectivity index (χ1n) is 10.2. The van der Waals surface area contributed by atoms with Crippen LogP contribution in [0, 0.1) is 5.41 Å². The summed E-state index contributed by atoms with van der Waals surface area (Å²) < 4.78 is 6.12. The average Bonchev–Trinajstić information content (AvgIpc) is 3.11. The third-order valence-corrected chi connectivity index (χ3v) is 9.00. The van der Waals surface area contributed by atoms with Gasteiger partial charge in [-0.15, -0.1) is 11.8 Å². The normalized spacial score (nSPS) is 33.8. The van der Waals surface area contributed by atoms with Crippen LogP contribution in [0.4, 0.5) is 0 Å². The molecule has 0 radical (unpaired) electrons. The van der Waals surface area contributed by atoms with Crippen LogP contribution in [0.5, 0.6) is 0 Å². The van der Waals surface area contributed by atoms with Gasteiger partial charge in [0.2, 0.25) is 5.91 Å². The monoisotopic (exact) mass is 504 g/mol. The van der Waals surface area contributed by atoms with Crippen LogP contribution in [0.1, 0.15) is 58.8 Å². The molecule has 162 valence electrons. The molecule has 1 aliphatic carbocycles. The van der Waals surface area contributed by atoms with Crippen molar-refractivity contribution in [1.82, 2.24) is 10.3 Å². The summed E-state index contributed by atoms with van der Waals surface area (Å²) in [7, 11) is 0. The molecule has 3 aliphatic rings. The molecule has 2 amide bonds. The van der Waals surface area contributed by atoms with E-state index in [4.69, 9.17) is 10.1 Å². The third-order valence-electron chi connectivity index (χ3n) is 5.40. The van der Waals surface area contributed by atoms with Gasteiger partial charge in [-0.05, 0) is 52.4 Å². The summed E-state index contributed by atoms with van der Waals surface area (Å²) >= 11 is 6.50. The van der Waals surface area contributed by atoms with E-state index in [1.54, 1.807) is 11.8 Å². The Bertz CT molecular complexity index is 658. The topological polar surface area (TPSA) is 94.8 Å². The van der Waals surface area contributed by atoms with E-state index in [9.17, 15) is 9.59 Å². The highest BCUT2D eigenvalue weighted by Gasteiger charge is 2.37. The van der Waals surface area contributed by atoms with Crippen LogP contribution in [0.25, 0.3) is 0 Å². The molecule has 0 aromatic rings. The number of amidine groups is 1. The van der Waals surface area contributed by atoms with Crippen LogP contribution in [0.3, 0.4) is 0 Å². The second kappa shape index (κ2) is 10.6. The Balaban J connectivity index is 1.54. The average molecular weight is 506 g/mol. The number of hydrazone groups is 1. The van der Waals surface area contributed by atoms with Crippen molar-refractivity contribution in [2.24, 2.45) is 5.10 Å². The van der Waals surface area contributed by atoms with Crippen LogP contribution in [0.15, 0.2) is 5.10 Å². The van der Waals surface area contributed by atoms with Crippen molar-refractivity contribution < 1.29 is 14.3 Å². The number of nitrogens with one attached hydrogen (secondary N) is 2. The fourth-order valence-electron chi connectivity index (χ4n) is 3.92. The summed E-state index contributed by atoms with van der Waals surface area (Å²) in [4.78, 5) is 25.3. The number of thioether (sulfide) groups is 2. The van der Waals surface area contributed by atoms with Crippen LogP contribution in [-0.4, -0.2) is 61.1 Å².